The van der Waals surface area contributed by atoms with E-state index in [2.05, 4.69) is 20.4 Å². The average Bonchev–Trinajstić information content (AvgIpc) is 3.27. The largest absolute Gasteiger partial charge is 0.389 e. The van der Waals surface area contributed by atoms with E-state index in [4.69, 9.17) is 16.4 Å². The lowest BCUT2D eigenvalue weighted by molar-refractivity contribution is -0.125. The van der Waals surface area contributed by atoms with Crippen molar-refractivity contribution in [1.29, 1.82) is 0 Å². The van der Waals surface area contributed by atoms with Gasteiger partial charge in [-0.15, -0.1) is 0 Å². The first-order valence-electron chi connectivity index (χ1n) is 11.2. The number of hydrogen-bond acceptors (Lipinski definition) is 7. The lowest BCUT2D eigenvalue weighted by Crippen LogP contribution is -2.34. The normalized spacial score (nSPS) is 21.4. The van der Waals surface area contributed by atoms with Gasteiger partial charge in [0.25, 0.3) is 5.91 Å². The quantitative estimate of drug-likeness (QED) is 0.628. The topological polar surface area (TPSA) is 111 Å². The molecule has 2 unspecified atom stereocenters. The molecule has 2 aromatic rings. The van der Waals surface area contributed by atoms with Crippen molar-refractivity contribution < 1.29 is 19.2 Å². The fourth-order valence-electron chi connectivity index (χ4n) is 4.65. The third kappa shape index (κ3) is 4.87. The maximum atomic E-state index is 13.2. The molecular formula is C25H27ClN4O4. The summed E-state index contributed by atoms with van der Waals surface area (Å²) in [6, 6.07) is 3.79. The molecule has 0 spiro atoms. The van der Waals surface area contributed by atoms with E-state index in [9.17, 15) is 14.4 Å². The molecule has 2 heterocycles. The van der Waals surface area contributed by atoms with Crippen molar-refractivity contribution >= 4 is 34.8 Å². The molecular weight excluding hydrogens is 456 g/mol. The van der Waals surface area contributed by atoms with E-state index in [-0.39, 0.29) is 23.9 Å². The van der Waals surface area contributed by atoms with E-state index in [0.717, 1.165) is 22.3 Å². The number of ketones is 2. The minimum absolute atomic E-state index is 0.0849. The number of carbonyl (C=O) groups excluding carboxylic acids is 3. The zero-order valence-corrected chi connectivity index (χ0v) is 20.4. The number of amides is 1. The van der Waals surface area contributed by atoms with E-state index in [0.29, 0.717) is 35.9 Å². The number of carbonyl (C=O) groups is 3. The molecule has 1 aromatic carbocycles. The molecule has 2 atom stereocenters. The number of oxime groups is 1. The highest BCUT2D eigenvalue weighted by atomic mass is 35.5. The van der Waals surface area contributed by atoms with Gasteiger partial charge >= 0.3 is 0 Å². The lowest BCUT2D eigenvalue weighted by Gasteiger charge is -2.17. The number of hydrogen-bond donors (Lipinski definition) is 1. The van der Waals surface area contributed by atoms with Gasteiger partial charge in [-0.25, -0.2) is 9.97 Å². The summed E-state index contributed by atoms with van der Waals surface area (Å²) in [5.74, 6) is -1.16. The van der Waals surface area contributed by atoms with Crippen LogP contribution in [-0.2, 0) is 19.2 Å². The molecule has 0 radical (unpaired) electrons. The van der Waals surface area contributed by atoms with Crippen LogP contribution in [0.5, 0.6) is 0 Å². The molecule has 0 bridgehead atoms. The van der Waals surface area contributed by atoms with Gasteiger partial charge in [0.05, 0.1) is 5.02 Å². The van der Waals surface area contributed by atoms with Gasteiger partial charge in [0, 0.05) is 43.3 Å². The van der Waals surface area contributed by atoms with Gasteiger partial charge < -0.3 is 10.2 Å². The van der Waals surface area contributed by atoms with Crippen molar-refractivity contribution in [3.8, 4) is 11.4 Å². The van der Waals surface area contributed by atoms with Crippen LogP contribution < -0.4 is 5.32 Å². The fraction of sp³-hybridized carbons (Fsp3) is 0.440. The minimum atomic E-state index is -0.783. The smallest absolute Gasteiger partial charge is 0.269 e. The molecule has 4 rings (SSSR count). The highest BCUT2D eigenvalue weighted by Gasteiger charge is 2.43. The number of Topliss-reactive ketones (excluding diaryl/α,β-unsaturated/α-hetero) is 2. The Hall–Kier alpha value is -3.13. The Labute approximate surface area is 203 Å². The summed E-state index contributed by atoms with van der Waals surface area (Å²) in [5.41, 5.74) is 3.09. The van der Waals surface area contributed by atoms with Crippen molar-refractivity contribution in [3.05, 3.63) is 46.2 Å². The second-order valence-electron chi connectivity index (χ2n) is 9.56. The van der Waals surface area contributed by atoms with Crippen LogP contribution in [0.15, 0.2) is 29.7 Å². The Morgan fingerprint density at radius 1 is 1.18 bits per heavy atom. The number of aromatic nitrogens is 2. The van der Waals surface area contributed by atoms with Gasteiger partial charge in [-0.1, -0.05) is 16.8 Å². The van der Waals surface area contributed by atoms with Gasteiger partial charge in [0.1, 0.15) is 23.0 Å². The van der Waals surface area contributed by atoms with Crippen molar-refractivity contribution in [3.63, 3.8) is 0 Å². The first-order valence-corrected chi connectivity index (χ1v) is 11.6. The van der Waals surface area contributed by atoms with Crippen LogP contribution in [0.2, 0.25) is 5.02 Å². The summed E-state index contributed by atoms with van der Waals surface area (Å²) < 4.78 is 0. The molecule has 34 heavy (non-hydrogen) atoms. The number of nitrogens with zero attached hydrogens (tertiary/aromatic N) is 3. The second kappa shape index (κ2) is 9.25. The summed E-state index contributed by atoms with van der Waals surface area (Å²) in [6.07, 6.45) is 4.07. The molecule has 0 saturated heterocycles. The molecule has 1 fully saturated rings. The SMILES string of the molecule is Cc1cc(-c2ncc(Cl)cn2)cc(C)c1C1C(=O)CC(CCNC(=O)C2=NOC(C)(C)C2)C1=O. The van der Waals surface area contributed by atoms with Crippen LogP contribution in [0.1, 0.15) is 55.7 Å². The molecule has 2 aliphatic rings. The number of aryl methyl sites for hydroxylation is 2. The highest BCUT2D eigenvalue weighted by Crippen LogP contribution is 2.38. The van der Waals surface area contributed by atoms with Crippen LogP contribution in [-0.4, -0.2) is 45.3 Å². The minimum Gasteiger partial charge on any atom is -0.389 e. The van der Waals surface area contributed by atoms with Crippen LogP contribution in [0.4, 0.5) is 0 Å². The van der Waals surface area contributed by atoms with Crippen molar-refractivity contribution in [2.45, 2.75) is 58.5 Å². The van der Waals surface area contributed by atoms with E-state index in [1.165, 1.54) is 12.4 Å². The molecule has 1 amide bonds. The van der Waals surface area contributed by atoms with Crippen molar-refractivity contribution in [1.82, 2.24) is 15.3 Å². The standard InChI is InChI=1S/C25H27ClN4O4/c1-13-7-16(23-28-11-17(26)12-29-23)8-14(2)20(13)21-19(31)9-15(22(21)32)5-6-27-24(33)18-10-25(3,4)34-30-18/h7-8,11-12,15,21H,5-6,9-10H2,1-4H3,(H,27,33). The van der Waals surface area contributed by atoms with Gasteiger partial charge in [-0.3, -0.25) is 14.4 Å². The average molecular weight is 483 g/mol. The molecule has 1 aromatic heterocycles. The molecule has 1 aliphatic heterocycles. The summed E-state index contributed by atoms with van der Waals surface area (Å²) in [5, 5.41) is 7.08. The maximum Gasteiger partial charge on any atom is 0.269 e. The first kappa shape index (κ1) is 24.0. The van der Waals surface area contributed by atoms with Crippen LogP contribution in [0.3, 0.4) is 0 Å². The maximum absolute atomic E-state index is 13.2. The summed E-state index contributed by atoms with van der Waals surface area (Å²) in [7, 11) is 0. The Balaban J connectivity index is 1.43. The van der Waals surface area contributed by atoms with E-state index in [1.54, 1.807) is 0 Å². The Bertz CT molecular complexity index is 1170. The van der Waals surface area contributed by atoms with Crippen LogP contribution in [0, 0.1) is 19.8 Å². The third-order valence-corrected chi connectivity index (χ3v) is 6.45. The van der Waals surface area contributed by atoms with Crippen LogP contribution in [0.25, 0.3) is 11.4 Å². The third-order valence-electron chi connectivity index (χ3n) is 6.25. The summed E-state index contributed by atoms with van der Waals surface area (Å²) >= 11 is 5.88. The van der Waals surface area contributed by atoms with Crippen molar-refractivity contribution in [2.75, 3.05) is 6.54 Å². The zero-order valence-electron chi connectivity index (χ0n) is 19.6. The zero-order chi connectivity index (χ0) is 24.6. The Morgan fingerprint density at radius 3 is 2.41 bits per heavy atom. The highest BCUT2D eigenvalue weighted by molar-refractivity contribution is 6.39. The molecule has 8 nitrogen and oxygen atoms in total. The van der Waals surface area contributed by atoms with E-state index in [1.807, 2.05) is 39.8 Å². The first-order chi connectivity index (χ1) is 16.1. The molecule has 1 N–H and O–H groups in total. The molecule has 178 valence electrons. The fourth-order valence-corrected chi connectivity index (χ4v) is 4.75. The monoisotopic (exact) mass is 482 g/mol. The van der Waals surface area contributed by atoms with E-state index < -0.39 is 17.4 Å². The molecule has 9 heteroatoms. The Morgan fingerprint density at radius 2 is 1.82 bits per heavy atom. The van der Waals surface area contributed by atoms with Gasteiger partial charge in [0.2, 0.25) is 0 Å². The second-order valence-corrected chi connectivity index (χ2v) is 10.00. The number of rotatable bonds is 6. The number of halogens is 1. The van der Waals surface area contributed by atoms with Gasteiger partial charge in [-0.05, 0) is 62.9 Å². The Kier molecular flexibility index (Phi) is 6.53. The number of nitrogens with one attached hydrogen (secondary N) is 1. The lowest BCUT2D eigenvalue weighted by atomic mass is 9.86. The van der Waals surface area contributed by atoms with Gasteiger partial charge in [0.15, 0.2) is 11.6 Å². The molecule has 1 saturated carbocycles. The van der Waals surface area contributed by atoms with Gasteiger partial charge in [-0.2, -0.15) is 0 Å². The summed E-state index contributed by atoms with van der Waals surface area (Å²) in [4.78, 5) is 52.1. The number of benzene rings is 1. The van der Waals surface area contributed by atoms with Crippen LogP contribution >= 0.6 is 11.6 Å². The molecule has 1 aliphatic carbocycles. The van der Waals surface area contributed by atoms with Crippen molar-refractivity contribution in [2.24, 2.45) is 11.1 Å². The summed E-state index contributed by atoms with van der Waals surface area (Å²) in [6.45, 7) is 7.79. The van der Waals surface area contributed by atoms with E-state index >= 15 is 0 Å². The predicted molar refractivity (Wildman–Crippen MR) is 128 cm³/mol. The predicted octanol–water partition coefficient (Wildman–Crippen LogP) is 3.72.